The zero-order valence-electron chi connectivity index (χ0n) is 10.8. The maximum absolute atomic E-state index is 12.3. The Hall–Kier alpha value is -0.280. The summed E-state index contributed by atoms with van der Waals surface area (Å²) in [4.78, 5) is 0.185. The van der Waals surface area contributed by atoms with Gasteiger partial charge in [-0.15, -0.1) is 0 Å². The van der Waals surface area contributed by atoms with Gasteiger partial charge in [-0.05, 0) is 12.8 Å². The highest BCUT2D eigenvalue weighted by molar-refractivity contribution is 7.87. The van der Waals surface area contributed by atoms with Gasteiger partial charge in [0.1, 0.15) is 0 Å². The van der Waals surface area contributed by atoms with Crippen LogP contribution < -0.4 is 10.5 Å². The second-order valence-corrected chi connectivity index (χ2v) is 6.38. The number of nitrogens with two attached hydrogens (primary N) is 1. The maximum atomic E-state index is 12.3. The monoisotopic (exact) mass is 295 g/mol. The van der Waals surface area contributed by atoms with Gasteiger partial charge in [-0.25, -0.2) is 0 Å². The number of ether oxygens (including phenoxy) is 1. The van der Waals surface area contributed by atoms with Crippen LogP contribution in [0.4, 0.5) is 0 Å². The van der Waals surface area contributed by atoms with Gasteiger partial charge in [0, 0.05) is 13.1 Å². The molecular formula is C10H21N3O3S2. The van der Waals surface area contributed by atoms with Crippen LogP contribution in [0.25, 0.3) is 0 Å². The Morgan fingerprint density at radius 1 is 1.39 bits per heavy atom. The number of nitrogens with zero attached hydrogens (tertiary/aromatic N) is 1. The third-order valence-corrected chi connectivity index (χ3v) is 5.40. The Kier molecular flexibility index (Phi) is 5.47. The van der Waals surface area contributed by atoms with Crippen molar-refractivity contribution in [1.29, 1.82) is 0 Å². The molecule has 0 amide bonds. The fourth-order valence-electron chi connectivity index (χ4n) is 1.89. The molecule has 0 atom stereocenters. The highest BCUT2D eigenvalue weighted by Crippen LogP contribution is 2.18. The van der Waals surface area contributed by atoms with Crippen LogP contribution in [0.1, 0.15) is 26.7 Å². The van der Waals surface area contributed by atoms with E-state index in [1.54, 1.807) is 0 Å². The van der Waals surface area contributed by atoms with Crippen LogP contribution in [0.3, 0.4) is 0 Å². The normalized spacial score (nSPS) is 18.8. The van der Waals surface area contributed by atoms with Crippen molar-refractivity contribution in [3.8, 4) is 0 Å². The molecule has 6 nitrogen and oxygen atoms in total. The van der Waals surface area contributed by atoms with Crippen molar-refractivity contribution in [2.24, 2.45) is 5.73 Å². The molecule has 0 spiro atoms. The van der Waals surface area contributed by atoms with Crippen LogP contribution in [0.5, 0.6) is 0 Å². The van der Waals surface area contributed by atoms with E-state index in [4.69, 9.17) is 22.7 Å². The molecule has 106 valence electrons. The van der Waals surface area contributed by atoms with Gasteiger partial charge in [0.25, 0.3) is 10.2 Å². The molecule has 18 heavy (non-hydrogen) atoms. The maximum Gasteiger partial charge on any atom is 0.280 e. The molecule has 1 aliphatic heterocycles. The first kappa shape index (κ1) is 15.8. The van der Waals surface area contributed by atoms with E-state index in [1.807, 2.05) is 13.8 Å². The van der Waals surface area contributed by atoms with Gasteiger partial charge in [0.05, 0.1) is 23.7 Å². The first-order valence-electron chi connectivity index (χ1n) is 6.04. The van der Waals surface area contributed by atoms with E-state index in [1.165, 1.54) is 4.31 Å². The van der Waals surface area contributed by atoms with Crippen molar-refractivity contribution < 1.29 is 13.2 Å². The molecule has 0 aromatic heterocycles. The smallest absolute Gasteiger partial charge is 0.280 e. The van der Waals surface area contributed by atoms with Crippen LogP contribution in [-0.2, 0) is 14.9 Å². The molecule has 1 heterocycles. The fourth-order valence-corrected chi connectivity index (χ4v) is 3.95. The first-order valence-corrected chi connectivity index (χ1v) is 7.89. The van der Waals surface area contributed by atoms with Gasteiger partial charge < -0.3 is 10.5 Å². The third-order valence-electron chi connectivity index (χ3n) is 3.31. The predicted octanol–water partition coefficient (Wildman–Crippen LogP) is -0.00210. The second kappa shape index (κ2) is 6.25. The van der Waals surface area contributed by atoms with Crippen molar-refractivity contribution >= 4 is 27.4 Å². The Morgan fingerprint density at radius 3 is 2.28 bits per heavy atom. The fraction of sp³-hybridized carbons (Fsp3) is 0.900. The van der Waals surface area contributed by atoms with Crippen LogP contribution in [0.2, 0.25) is 0 Å². The highest BCUT2D eigenvalue weighted by Gasteiger charge is 2.37. The molecule has 0 aliphatic carbocycles. The second-order valence-electron chi connectivity index (χ2n) is 4.27. The molecule has 1 rings (SSSR count). The minimum atomic E-state index is -3.57. The minimum absolute atomic E-state index is 0.185. The zero-order chi connectivity index (χ0) is 13.8. The summed E-state index contributed by atoms with van der Waals surface area (Å²) in [7, 11) is -3.57. The Bertz CT molecular complexity index is 387. The molecule has 0 saturated carbocycles. The van der Waals surface area contributed by atoms with Gasteiger partial charge in [0.2, 0.25) is 0 Å². The van der Waals surface area contributed by atoms with Crippen molar-refractivity contribution in [2.75, 3.05) is 26.3 Å². The van der Waals surface area contributed by atoms with Crippen molar-refractivity contribution in [3.63, 3.8) is 0 Å². The molecule has 0 unspecified atom stereocenters. The lowest BCUT2D eigenvalue weighted by Gasteiger charge is -2.35. The van der Waals surface area contributed by atoms with E-state index >= 15 is 0 Å². The van der Waals surface area contributed by atoms with E-state index in [0.29, 0.717) is 39.1 Å². The van der Waals surface area contributed by atoms with Crippen LogP contribution in [0, 0.1) is 0 Å². The summed E-state index contributed by atoms with van der Waals surface area (Å²) in [5.41, 5.74) is 4.85. The number of hydrogen-bond acceptors (Lipinski definition) is 4. The van der Waals surface area contributed by atoms with Crippen LogP contribution >= 0.6 is 12.2 Å². The molecule has 0 aromatic carbocycles. The molecule has 3 N–H and O–H groups in total. The van der Waals surface area contributed by atoms with E-state index in [2.05, 4.69) is 4.72 Å². The van der Waals surface area contributed by atoms with Gasteiger partial charge >= 0.3 is 0 Å². The molecule has 1 saturated heterocycles. The van der Waals surface area contributed by atoms with Gasteiger partial charge in [-0.1, -0.05) is 26.1 Å². The molecule has 1 aliphatic rings. The molecule has 8 heteroatoms. The summed E-state index contributed by atoms with van der Waals surface area (Å²) in [6.45, 7) is 5.28. The number of morpholine rings is 1. The lowest BCUT2D eigenvalue weighted by atomic mass is 9.94. The Labute approximate surface area is 114 Å². The summed E-state index contributed by atoms with van der Waals surface area (Å²) in [6.07, 6.45) is 1.06. The molecule has 1 fully saturated rings. The Balaban J connectivity index is 2.88. The number of thiocarbonyl (C=S) groups is 1. The van der Waals surface area contributed by atoms with Gasteiger partial charge in [-0.2, -0.15) is 17.4 Å². The van der Waals surface area contributed by atoms with Crippen LogP contribution in [-0.4, -0.2) is 49.6 Å². The topological polar surface area (TPSA) is 84.7 Å². The zero-order valence-corrected chi connectivity index (χ0v) is 12.4. The van der Waals surface area contributed by atoms with E-state index < -0.39 is 15.7 Å². The minimum Gasteiger partial charge on any atom is -0.392 e. The van der Waals surface area contributed by atoms with E-state index in [9.17, 15) is 8.42 Å². The average Bonchev–Trinajstić information content (AvgIpc) is 2.37. The summed E-state index contributed by atoms with van der Waals surface area (Å²) < 4.78 is 33.7. The summed E-state index contributed by atoms with van der Waals surface area (Å²) in [5.74, 6) is 0. The number of rotatable bonds is 6. The van der Waals surface area contributed by atoms with Crippen LogP contribution in [0.15, 0.2) is 0 Å². The van der Waals surface area contributed by atoms with Crippen molar-refractivity contribution in [1.82, 2.24) is 9.03 Å². The first-order chi connectivity index (χ1) is 8.38. The Morgan fingerprint density at radius 2 is 1.89 bits per heavy atom. The quantitative estimate of drug-likeness (QED) is 0.674. The van der Waals surface area contributed by atoms with E-state index in [-0.39, 0.29) is 4.99 Å². The predicted molar refractivity (Wildman–Crippen MR) is 74.5 cm³/mol. The molecule has 0 bridgehead atoms. The average molecular weight is 295 g/mol. The highest BCUT2D eigenvalue weighted by atomic mass is 32.2. The molecular weight excluding hydrogens is 274 g/mol. The lowest BCUT2D eigenvalue weighted by Crippen LogP contribution is -2.60. The number of hydrogen-bond donors (Lipinski definition) is 2. The van der Waals surface area contributed by atoms with Crippen molar-refractivity contribution in [2.45, 2.75) is 32.2 Å². The summed E-state index contributed by atoms with van der Waals surface area (Å²) in [5, 5.41) is 0. The number of nitrogens with one attached hydrogen (secondary N) is 1. The van der Waals surface area contributed by atoms with Gasteiger partial charge in [-0.3, -0.25) is 0 Å². The summed E-state index contributed by atoms with van der Waals surface area (Å²) in [6, 6.07) is 0. The third kappa shape index (κ3) is 3.39. The standard InChI is InChI=1S/C10H21N3O3S2/c1-3-10(4-2,9(11)17)12-18(14,15)13-5-7-16-8-6-13/h12H,3-8H2,1-2H3,(H2,11,17). The summed E-state index contributed by atoms with van der Waals surface area (Å²) >= 11 is 5.00. The molecule has 0 aromatic rings. The molecule has 0 radical (unpaired) electrons. The largest absolute Gasteiger partial charge is 0.392 e. The van der Waals surface area contributed by atoms with E-state index in [0.717, 1.165) is 0 Å². The lowest BCUT2D eigenvalue weighted by molar-refractivity contribution is 0.0721. The van der Waals surface area contributed by atoms with Gasteiger partial charge in [0.15, 0.2) is 0 Å². The van der Waals surface area contributed by atoms with Crippen molar-refractivity contribution in [3.05, 3.63) is 0 Å². The SMILES string of the molecule is CCC(CC)(NS(=O)(=O)N1CCOCC1)C(N)=S.